The van der Waals surface area contributed by atoms with Gasteiger partial charge in [0.15, 0.2) is 0 Å². The topological polar surface area (TPSA) is 296 Å². The molecule has 0 bridgehead atoms. The van der Waals surface area contributed by atoms with Crippen LogP contribution in [0.2, 0.25) is 0 Å². The molecule has 2 aromatic rings. The third-order valence-corrected chi connectivity index (χ3v) is 11.0. The number of rotatable bonds is 19. The molecule has 1 aromatic carbocycles. The number of likely N-dealkylation sites (tertiary alicyclic amines) is 1. The Bertz CT molecular complexity index is 1790. The van der Waals surface area contributed by atoms with Crippen molar-refractivity contribution < 1.29 is 71.5 Å². The maximum Gasteiger partial charge on any atom is 0.414 e. The van der Waals surface area contributed by atoms with E-state index in [4.69, 9.17) is 19.7 Å². The molecule has 5 N–H and O–H groups in total. The van der Waals surface area contributed by atoms with Gasteiger partial charge in [-0.05, 0) is 68.9 Å². The van der Waals surface area contributed by atoms with Crippen LogP contribution >= 0.6 is 0 Å². The molecule has 0 radical (unpaired) electrons. The van der Waals surface area contributed by atoms with Crippen LogP contribution in [0.3, 0.4) is 0 Å². The van der Waals surface area contributed by atoms with E-state index >= 15 is 0 Å². The van der Waals surface area contributed by atoms with Crippen molar-refractivity contribution in [3.63, 3.8) is 0 Å². The van der Waals surface area contributed by atoms with Gasteiger partial charge in [0.1, 0.15) is 24.7 Å². The predicted molar refractivity (Wildman–Crippen MR) is 190 cm³/mol. The number of sulfone groups is 1. The van der Waals surface area contributed by atoms with Crippen molar-refractivity contribution in [3.8, 4) is 5.88 Å². The molecule has 2 heterocycles. The van der Waals surface area contributed by atoms with Gasteiger partial charge >= 0.3 is 34.8 Å². The van der Waals surface area contributed by atoms with Crippen molar-refractivity contribution in [1.29, 1.82) is 0 Å². The normalized spacial score (nSPS) is 19.3. The van der Waals surface area contributed by atoms with Gasteiger partial charge in [0.2, 0.25) is 11.8 Å². The maximum absolute atomic E-state index is 13.1. The Morgan fingerprint density at radius 1 is 1.02 bits per heavy atom. The van der Waals surface area contributed by atoms with E-state index in [0.29, 0.717) is 19.4 Å². The Morgan fingerprint density at radius 3 is 2.30 bits per heavy atom. The standard InChI is InChI=1S/C19H32N2O5.C16H17N3O10S/c1-4-8-14(19(25)26-5-2)20-12(3)17(22)21-15-10-7-6-9-13(15)11-16(21)18(23)24;20-12(17-11(16(23)24)6-7-13(21)22)8-9-28-14-15(19(25)29-18-14)30(26,27)10-4-2-1-3-5-10/h12-16,20H,4-11H2,1-3H3,(H,23,24);1-5,11H,6-9H2,(H,17,20)(H,21,22)(H,23,24)/t12-,13-,14-,15-,16-;11-/m00/s1. The van der Waals surface area contributed by atoms with Gasteiger partial charge in [-0.25, -0.2) is 18.0 Å². The summed E-state index contributed by atoms with van der Waals surface area (Å²) in [6, 6.07) is 3.64. The van der Waals surface area contributed by atoms with Gasteiger partial charge in [0.05, 0.1) is 29.1 Å². The Kier molecular flexibility index (Phi) is 17.0. The number of benzene rings is 1. The SMILES string of the molecule is CCC[C@H](N[C@@H](C)C(=O)N1[C@H](C(=O)O)C[C@@H]2CCCC[C@@H]21)C(=O)OCC.O=C(O)CC[C@H](NC(=O)CCOc1no[n+]([O-])c1S(=O)(=O)c1ccccc1)C(=O)O. The lowest BCUT2D eigenvalue weighted by atomic mass is 9.84. The number of nitrogens with one attached hydrogen (secondary N) is 2. The van der Waals surface area contributed by atoms with Gasteiger partial charge in [0, 0.05) is 12.5 Å². The fourth-order valence-corrected chi connectivity index (χ4v) is 7.96. The summed E-state index contributed by atoms with van der Waals surface area (Å²) in [7, 11) is -4.32. The Balaban J connectivity index is 0.000000303. The summed E-state index contributed by atoms with van der Waals surface area (Å²) < 4.78 is 39.6. The van der Waals surface area contributed by atoms with E-state index in [2.05, 4.69) is 20.4 Å². The first-order valence-electron chi connectivity index (χ1n) is 18.3. The van der Waals surface area contributed by atoms with Crippen LogP contribution in [0.5, 0.6) is 5.88 Å². The number of aliphatic carboxylic acids is 3. The van der Waals surface area contributed by atoms with Gasteiger partial charge < -0.3 is 40.2 Å². The molecule has 1 aromatic heterocycles. The number of nitrogens with zero attached hydrogens (tertiary/aromatic N) is 3. The summed E-state index contributed by atoms with van der Waals surface area (Å²) in [5.41, 5.74) is 0. The van der Waals surface area contributed by atoms with Gasteiger partial charge in [-0.2, -0.15) is 0 Å². The van der Waals surface area contributed by atoms with Crippen molar-refractivity contribution in [3.05, 3.63) is 35.5 Å². The average Bonchev–Trinajstić information content (AvgIpc) is 3.74. The lowest BCUT2D eigenvalue weighted by Crippen LogP contribution is -2.55. The fourth-order valence-electron chi connectivity index (χ4n) is 6.67. The molecule has 2 fully saturated rings. The monoisotopic (exact) mass is 811 g/mol. The molecule has 1 aliphatic heterocycles. The highest BCUT2D eigenvalue weighted by Crippen LogP contribution is 2.40. The minimum absolute atomic E-state index is 0.00817. The summed E-state index contributed by atoms with van der Waals surface area (Å²) in [6.45, 7) is 5.26. The zero-order valence-corrected chi connectivity index (χ0v) is 32.1. The molecule has 1 saturated heterocycles. The second-order valence-electron chi connectivity index (χ2n) is 13.3. The third-order valence-electron chi connectivity index (χ3n) is 9.30. The summed E-state index contributed by atoms with van der Waals surface area (Å²) in [5, 5.41) is 46.5. The number of carboxylic acids is 3. The van der Waals surface area contributed by atoms with Gasteiger partial charge in [-0.15, -0.1) is 0 Å². The van der Waals surface area contributed by atoms with Crippen molar-refractivity contribution in [2.45, 2.75) is 125 Å². The number of fused-ring (bicyclic) bond motifs is 1. The first kappa shape index (κ1) is 45.1. The van der Waals surface area contributed by atoms with E-state index in [9.17, 15) is 47.5 Å². The number of ether oxygens (including phenoxy) is 2. The molecule has 0 unspecified atom stereocenters. The van der Waals surface area contributed by atoms with E-state index < -0.39 is 88.2 Å². The van der Waals surface area contributed by atoms with E-state index in [1.54, 1.807) is 24.8 Å². The highest BCUT2D eigenvalue weighted by Gasteiger charge is 2.48. The third kappa shape index (κ3) is 12.1. The molecular formula is C35H49N5O15S. The fraction of sp³-hybridized carbons (Fsp3) is 0.600. The van der Waals surface area contributed by atoms with E-state index in [1.165, 1.54) is 24.3 Å². The summed E-state index contributed by atoms with van der Waals surface area (Å²) in [6.07, 6.45) is 4.67. The minimum Gasteiger partial charge on any atom is -0.481 e. The molecule has 4 rings (SSSR count). The summed E-state index contributed by atoms with van der Waals surface area (Å²) in [4.78, 5) is 71.4. The average molecular weight is 812 g/mol. The van der Waals surface area contributed by atoms with E-state index in [1.807, 2.05) is 6.92 Å². The Labute approximate surface area is 322 Å². The van der Waals surface area contributed by atoms with Crippen molar-refractivity contribution >= 4 is 45.5 Å². The first-order chi connectivity index (χ1) is 26.5. The number of hydrogen-bond donors (Lipinski definition) is 5. The molecule has 1 saturated carbocycles. The maximum atomic E-state index is 13.1. The molecule has 1 aliphatic carbocycles. The lowest BCUT2D eigenvalue weighted by molar-refractivity contribution is -0.832. The van der Waals surface area contributed by atoms with Crippen molar-refractivity contribution in [1.82, 2.24) is 20.7 Å². The lowest BCUT2D eigenvalue weighted by Gasteiger charge is -2.35. The molecule has 2 aliphatic rings. The quantitative estimate of drug-likeness (QED) is 0.0986. The number of esters is 1. The van der Waals surface area contributed by atoms with Crippen LogP contribution in [0.1, 0.15) is 85.0 Å². The zero-order chi connectivity index (χ0) is 41.6. The Hall–Kier alpha value is -5.31. The number of carboxylic acid groups (broad SMARTS) is 3. The molecule has 2 amide bonds. The number of aromatic nitrogens is 2. The van der Waals surface area contributed by atoms with Gasteiger partial charge in [-0.3, -0.25) is 29.1 Å². The number of carbonyl (C=O) groups excluding carboxylic acids is 3. The molecule has 56 heavy (non-hydrogen) atoms. The molecular weight excluding hydrogens is 762 g/mol. The number of carbonyl (C=O) groups is 6. The first-order valence-corrected chi connectivity index (χ1v) is 19.8. The highest BCUT2D eigenvalue weighted by molar-refractivity contribution is 7.91. The molecule has 0 spiro atoms. The minimum atomic E-state index is -4.32. The second kappa shape index (κ2) is 21.1. The second-order valence-corrected chi connectivity index (χ2v) is 15.1. The van der Waals surface area contributed by atoms with Crippen LogP contribution in [-0.4, -0.2) is 113 Å². The van der Waals surface area contributed by atoms with Crippen molar-refractivity contribution in [2.75, 3.05) is 13.2 Å². The Morgan fingerprint density at radius 2 is 1.70 bits per heavy atom. The zero-order valence-electron chi connectivity index (χ0n) is 31.3. The number of hydrogen-bond acceptors (Lipinski definition) is 14. The van der Waals surface area contributed by atoms with E-state index in [-0.39, 0.29) is 40.1 Å². The molecule has 20 nitrogen and oxygen atoms in total. The van der Waals surface area contributed by atoms with Crippen LogP contribution in [0.15, 0.2) is 44.9 Å². The molecule has 21 heteroatoms. The van der Waals surface area contributed by atoms with Crippen molar-refractivity contribution in [2.24, 2.45) is 5.92 Å². The predicted octanol–water partition coefficient (Wildman–Crippen LogP) is 1.28. The van der Waals surface area contributed by atoms with E-state index in [0.717, 1.165) is 32.1 Å². The molecule has 6 atom stereocenters. The smallest absolute Gasteiger partial charge is 0.414 e. The largest absolute Gasteiger partial charge is 0.481 e. The van der Waals surface area contributed by atoms with Gasteiger partial charge in [-0.1, -0.05) is 44.4 Å². The molecule has 310 valence electrons. The summed E-state index contributed by atoms with van der Waals surface area (Å²) >= 11 is 0. The van der Waals surface area contributed by atoms with Crippen LogP contribution in [0.25, 0.3) is 0 Å². The van der Waals surface area contributed by atoms with Crippen LogP contribution < -0.4 is 20.3 Å². The number of amides is 2. The van der Waals surface area contributed by atoms with Crippen LogP contribution in [0, 0.1) is 11.1 Å². The van der Waals surface area contributed by atoms with Crippen LogP contribution in [-0.2, 0) is 43.3 Å². The van der Waals surface area contributed by atoms with Gasteiger partial charge in [0.25, 0.3) is 9.84 Å². The highest BCUT2D eigenvalue weighted by atomic mass is 32.2. The summed E-state index contributed by atoms with van der Waals surface area (Å²) in [5.74, 6) is -5.33. The van der Waals surface area contributed by atoms with Crippen LogP contribution in [0.4, 0.5) is 0 Å².